The molecule has 3 nitrogen and oxygen atoms in total. The number of anilines is 2. The average molecular weight is 357 g/mol. The maximum absolute atomic E-state index is 5.85. The summed E-state index contributed by atoms with van der Waals surface area (Å²) in [5.74, 6) is 0.705. The molecule has 0 aliphatic rings. The van der Waals surface area contributed by atoms with E-state index in [1.54, 1.807) is 6.20 Å². The predicted molar refractivity (Wildman–Crippen MR) is 77.8 cm³/mol. The van der Waals surface area contributed by atoms with Crippen LogP contribution in [0.25, 0.3) is 0 Å². The number of pyridine rings is 1. The van der Waals surface area contributed by atoms with Crippen LogP contribution in [0.2, 0.25) is 0 Å². The van der Waals surface area contributed by atoms with E-state index in [1.165, 1.54) is 5.56 Å². The summed E-state index contributed by atoms with van der Waals surface area (Å²) in [6, 6.07) is 9.94. The second-order valence-corrected chi connectivity index (χ2v) is 5.40. The topological polar surface area (TPSA) is 50.9 Å². The van der Waals surface area contributed by atoms with E-state index in [4.69, 9.17) is 5.73 Å². The zero-order chi connectivity index (χ0) is 12.3. The first-order chi connectivity index (χ1) is 8.15. The number of nitrogens with zero attached hydrogens (tertiary/aromatic N) is 1. The lowest BCUT2D eigenvalue weighted by Gasteiger charge is -2.08. The monoisotopic (exact) mass is 355 g/mol. The van der Waals surface area contributed by atoms with Crippen molar-refractivity contribution >= 4 is 43.4 Å². The Morgan fingerprint density at radius 3 is 2.47 bits per heavy atom. The number of nitrogens with two attached hydrogens (primary N) is 1. The van der Waals surface area contributed by atoms with Gasteiger partial charge >= 0.3 is 0 Å². The van der Waals surface area contributed by atoms with E-state index in [0.29, 0.717) is 18.1 Å². The van der Waals surface area contributed by atoms with Crippen LogP contribution in [0, 0.1) is 0 Å². The molecule has 0 fully saturated rings. The molecule has 0 saturated carbocycles. The van der Waals surface area contributed by atoms with Crippen molar-refractivity contribution in [3.8, 4) is 0 Å². The number of nitrogens with one attached hydrogen (secondary N) is 1. The normalized spacial score (nSPS) is 10.2. The molecule has 5 heteroatoms. The molecule has 0 radical (unpaired) electrons. The van der Waals surface area contributed by atoms with E-state index in [2.05, 4.69) is 42.2 Å². The van der Waals surface area contributed by atoms with Crippen LogP contribution >= 0.6 is 31.9 Å². The highest BCUT2D eigenvalue weighted by Gasteiger charge is 2.01. The first-order valence-corrected chi connectivity index (χ1v) is 6.63. The van der Waals surface area contributed by atoms with Crippen molar-refractivity contribution in [3.63, 3.8) is 0 Å². The Kier molecular flexibility index (Phi) is 4.02. The molecule has 17 heavy (non-hydrogen) atoms. The summed E-state index contributed by atoms with van der Waals surface area (Å²) in [5, 5.41) is 3.20. The Hall–Kier alpha value is -1.07. The lowest BCUT2D eigenvalue weighted by atomic mass is 10.2. The standard InChI is InChI=1S/C12H11Br2N3/c13-9-3-1-8(2-4-9)6-16-12-11(15)5-10(14)7-17-12/h1-5,7H,6,15H2,(H,16,17). The van der Waals surface area contributed by atoms with Gasteiger partial charge in [0, 0.05) is 21.7 Å². The zero-order valence-corrected chi connectivity index (χ0v) is 12.1. The highest BCUT2D eigenvalue weighted by atomic mass is 79.9. The SMILES string of the molecule is Nc1cc(Br)cnc1NCc1ccc(Br)cc1. The van der Waals surface area contributed by atoms with Crippen molar-refractivity contribution in [1.29, 1.82) is 0 Å². The van der Waals surface area contributed by atoms with Crippen molar-refractivity contribution in [2.45, 2.75) is 6.54 Å². The number of hydrogen-bond acceptors (Lipinski definition) is 3. The fourth-order valence-corrected chi connectivity index (χ4v) is 2.00. The van der Waals surface area contributed by atoms with Crippen LogP contribution < -0.4 is 11.1 Å². The van der Waals surface area contributed by atoms with Crippen LogP contribution in [0.4, 0.5) is 11.5 Å². The quantitative estimate of drug-likeness (QED) is 0.879. The Bertz CT molecular complexity index is 512. The Morgan fingerprint density at radius 1 is 1.12 bits per heavy atom. The summed E-state index contributed by atoms with van der Waals surface area (Å²) in [5.41, 5.74) is 7.66. The molecule has 0 amide bonds. The average Bonchev–Trinajstić information content (AvgIpc) is 2.30. The first-order valence-electron chi connectivity index (χ1n) is 5.04. The lowest BCUT2D eigenvalue weighted by Crippen LogP contribution is -2.04. The molecular weight excluding hydrogens is 346 g/mol. The fourth-order valence-electron chi connectivity index (χ4n) is 1.39. The molecule has 1 heterocycles. The molecule has 0 aliphatic heterocycles. The van der Waals surface area contributed by atoms with Crippen LogP contribution in [-0.2, 0) is 6.54 Å². The van der Waals surface area contributed by atoms with Gasteiger partial charge in [-0.25, -0.2) is 4.98 Å². The lowest BCUT2D eigenvalue weighted by molar-refractivity contribution is 1.11. The van der Waals surface area contributed by atoms with Gasteiger partial charge in [-0.3, -0.25) is 0 Å². The van der Waals surface area contributed by atoms with Gasteiger partial charge in [0.2, 0.25) is 0 Å². The van der Waals surface area contributed by atoms with Crippen LogP contribution in [0.15, 0.2) is 45.5 Å². The van der Waals surface area contributed by atoms with E-state index in [9.17, 15) is 0 Å². The number of rotatable bonds is 3. The van der Waals surface area contributed by atoms with Crippen LogP contribution in [0.5, 0.6) is 0 Å². The van der Waals surface area contributed by atoms with E-state index in [1.807, 2.05) is 30.3 Å². The van der Waals surface area contributed by atoms with Gasteiger partial charge in [0.25, 0.3) is 0 Å². The molecule has 0 bridgehead atoms. The molecule has 0 unspecified atom stereocenters. The van der Waals surface area contributed by atoms with Gasteiger partial charge < -0.3 is 11.1 Å². The Balaban J connectivity index is 2.04. The molecule has 0 aliphatic carbocycles. The highest BCUT2D eigenvalue weighted by Crippen LogP contribution is 2.20. The Labute approximate surface area is 117 Å². The van der Waals surface area contributed by atoms with Crippen molar-refractivity contribution < 1.29 is 0 Å². The molecule has 88 valence electrons. The van der Waals surface area contributed by atoms with Crippen molar-refractivity contribution in [2.24, 2.45) is 0 Å². The van der Waals surface area contributed by atoms with Crippen LogP contribution in [0.3, 0.4) is 0 Å². The number of nitrogen functional groups attached to an aromatic ring is 1. The molecule has 1 aromatic carbocycles. The molecule has 2 rings (SSSR count). The summed E-state index contributed by atoms with van der Waals surface area (Å²) in [6.07, 6.45) is 1.72. The van der Waals surface area contributed by atoms with Gasteiger partial charge in [0.05, 0.1) is 5.69 Å². The maximum atomic E-state index is 5.85. The minimum atomic E-state index is 0.636. The first kappa shape index (κ1) is 12.4. The van der Waals surface area contributed by atoms with Gasteiger partial charge in [-0.05, 0) is 39.7 Å². The third kappa shape index (κ3) is 3.44. The summed E-state index contributed by atoms with van der Waals surface area (Å²) in [4.78, 5) is 4.22. The maximum Gasteiger partial charge on any atom is 0.149 e. The van der Waals surface area contributed by atoms with Crippen LogP contribution in [-0.4, -0.2) is 4.98 Å². The van der Waals surface area contributed by atoms with Gasteiger partial charge in [-0.2, -0.15) is 0 Å². The van der Waals surface area contributed by atoms with Crippen molar-refractivity contribution in [1.82, 2.24) is 4.98 Å². The van der Waals surface area contributed by atoms with E-state index in [0.717, 1.165) is 8.95 Å². The molecule has 0 spiro atoms. The van der Waals surface area contributed by atoms with Gasteiger partial charge in [-0.15, -0.1) is 0 Å². The predicted octanol–water partition coefficient (Wildman–Crippen LogP) is 3.80. The summed E-state index contributed by atoms with van der Waals surface area (Å²) >= 11 is 6.73. The minimum Gasteiger partial charge on any atom is -0.396 e. The molecule has 0 saturated heterocycles. The fraction of sp³-hybridized carbons (Fsp3) is 0.0833. The summed E-state index contributed by atoms with van der Waals surface area (Å²) < 4.78 is 1.95. The number of halogens is 2. The summed E-state index contributed by atoms with van der Waals surface area (Å²) in [7, 11) is 0. The van der Waals surface area contributed by atoms with Gasteiger partial charge in [0.15, 0.2) is 0 Å². The van der Waals surface area contributed by atoms with E-state index >= 15 is 0 Å². The number of benzene rings is 1. The van der Waals surface area contributed by atoms with E-state index < -0.39 is 0 Å². The second-order valence-electron chi connectivity index (χ2n) is 3.57. The molecular formula is C12H11Br2N3. The minimum absolute atomic E-state index is 0.636. The molecule has 1 aromatic heterocycles. The van der Waals surface area contributed by atoms with Crippen LogP contribution in [0.1, 0.15) is 5.56 Å². The largest absolute Gasteiger partial charge is 0.396 e. The molecule has 2 aromatic rings. The molecule has 3 N–H and O–H groups in total. The molecule has 0 atom stereocenters. The Morgan fingerprint density at radius 2 is 1.82 bits per heavy atom. The van der Waals surface area contributed by atoms with Crippen molar-refractivity contribution in [3.05, 3.63) is 51.0 Å². The van der Waals surface area contributed by atoms with E-state index in [-0.39, 0.29) is 0 Å². The number of hydrogen-bond donors (Lipinski definition) is 2. The zero-order valence-electron chi connectivity index (χ0n) is 8.95. The van der Waals surface area contributed by atoms with Crippen molar-refractivity contribution in [2.75, 3.05) is 11.1 Å². The smallest absolute Gasteiger partial charge is 0.149 e. The second kappa shape index (κ2) is 5.51. The third-order valence-electron chi connectivity index (χ3n) is 2.26. The summed E-state index contributed by atoms with van der Waals surface area (Å²) in [6.45, 7) is 0.701. The highest BCUT2D eigenvalue weighted by molar-refractivity contribution is 9.10. The van der Waals surface area contributed by atoms with Gasteiger partial charge in [0.1, 0.15) is 5.82 Å². The number of aromatic nitrogens is 1. The van der Waals surface area contributed by atoms with Gasteiger partial charge in [-0.1, -0.05) is 28.1 Å². The third-order valence-corrected chi connectivity index (χ3v) is 3.22.